The lowest BCUT2D eigenvalue weighted by atomic mass is 10.0. The van der Waals surface area contributed by atoms with Crippen LogP contribution in [0.25, 0.3) is 22.3 Å². The van der Waals surface area contributed by atoms with Gasteiger partial charge in [-0.2, -0.15) is 0 Å². The number of hydrogen-bond donors (Lipinski definition) is 5. The average Bonchev–Trinajstić information content (AvgIpc) is 3.51. The van der Waals surface area contributed by atoms with Crippen LogP contribution in [0.15, 0.2) is 54.9 Å². The number of anilines is 2. The number of aromatic nitrogens is 4. The molecular formula is C29H34N6O7. The number of benzene rings is 2. The van der Waals surface area contributed by atoms with Crippen molar-refractivity contribution in [2.75, 3.05) is 30.9 Å². The molecule has 13 nitrogen and oxygen atoms in total. The van der Waals surface area contributed by atoms with E-state index in [9.17, 15) is 20.1 Å². The predicted molar refractivity (Wildman–Crippen MR) is 153 cm³/mol. The average molecular weight is 579 g/mol. The molecule has 0 saturated carbocycles. The van der Waals surface area contributed by atoms with E-state index in [-0.39, 0.29) is 24.2 Å². The van der Waals surface area contributed by atoms with Crippen LogP contribution in [0.4, 0.5) is 11.8 Å². The highest BCUT2D eigenvalue weighted by atomic mass is 16.6. The molecule has 0 bridgehead atoms. The van der Waals surface area contributed by atoms with E-state index in [1.54, 1.807) is 6.92 Å². The predicted octanol–water partition coefficient (Wildman–Crippen LogP) is 2.02. The molecule has 1 aliphatic rings. The highest BCUT2D eigenvalue weighted by molar-refractivity contribution is 5.84. The first-order chi connectivity index (χ1) is 20.4. The van der Waals surface area contributed by atoms with E-state index >= 15 is 0 Å². The Kier molecular flexibility index (Phi) is 9.12. The number of fused-ring (bicyclic) bond motifs is 1. The summed E-state index contributed by atoms with van der Waals surface area (Å²) in [6.07, 6.45) is -2.68. The summed E-state index contributed by atoms with van der Waals surface area (Å²) in [4.78, 5) is 24.6. The Balaban J connectivity index is 1.40. The van der Waals surface area contributed by atoms with Gasteiger partial charge in [0.25, 0.3) is 0 Å². The van der Waals surface area contributed by atoms with Gasteiger partial charge in [-0.05, 0) is 30.5 Å². The standard InChI is InChI=1S/C29H34N6O7/c1-2-40-22(37)9-6-12-41-20-13-17(10-11-19(20)18-7-4-3-5-8-18)14-31-29-34-23-26(30)32-16-33-27(23)35(29)28-25(39)24(38)21(15-36)42-28/h3-5,7-8,10-11,13,16,21,24-25,28,36,38-39H,2,6,9,12,14-15H2,1H3,(H,31,34)(H2,30,32,33)/t21-,24-,25-,28-/m1/s1. The van der Waals surface area contributed by atoms with Crippen molar-refractivity contribution in [1.29, 1.82) is 0 Å². The highest BCUT2D eigenvalue weighted by Crippen LogP contribution is 2.36. The van der Waals surface area contributed by atoms with Gasteiger partial charge in [-0.3, -0.25) is 9.36 Å². The number of aliphatic hydroxyl groups is 3. The van der Waals surface area contributed by atoms with Crippen molar-refractivity contribution in [3.05, 3.63) is 60.4 Å². The SMILES string of the molecule is CCOC(=O)CCCOc1cc(CNc2nc3c(N)ncnc3n2[C@@H]2O[C@H](CO)[C@@H](O)[C@H]2O)ccc1-c1ccccc1. The summed E-state index contributed by atoms with van der Waals surface area (Å²) in [5.74, 6) is 0.802. The van der Waals surface area contributed by atoms with Gasteiger partial charge in [0.15, 0.2) is 23.2 Å². The number of aliphatic hydroxyl groups excluding tert-OH is 3. The van der Waals surface area contributed by atoms with Gasteiger partial charge in [-0.1, -0.05) is 42.5 Å². The largest absolute Gasteiger partial charge is 0.493 e. The molecule has 1 saturated heterocycles. The highest BCUT2D eigenvalue weighted by Gasteiger charge is 2.45. The number of carbonyl (C=O) groups is 1. The smallest absolute Gasteiger partial charge is 0.305 e. The van der Waals surface area contributed by atoms with Crippen molar-refractivity contribution in [2.24, 2.45) is 0 Å². The van der Waals surface area contributed by atoms with Crippen LogP contribution < -0.4 is 15.8 Å². The molecule has 4 aromatic rings. The van der Waals surface area contributed by atoms with Crippen LogP contribution in [-0.4, -0.2) is 78.9 Å². The van der Waals surface area contributed by atoms with Gasteiger partial charge >= 0.3 is 5.97 Å². The molecule has 0 amide bonds. The zero-order valence-corrected chi connectivity index (χ0v) is 23.1. The Hall–Kier alpha value is -4.30. The van der Waals surface area contributed by atoms with Crippen LogP contribution >= 0.6 is 0 Å². The van der Waals surface area contributed by atoms with Crippen molar-refractivity contribution in [2.45, 2.75) is 50.8 Å². The minimum Gasteiger partial charge on any atom is -0.493 e. The molecule has 6 N–H and O–H groups in total. The molecule has 13 heteroatoms. The maximum atomic E-state index is 11.7. The molecule has 2 aromatic carbocycles. The van der Waals surface area contributed by atoms with Gasteiger partial charge in [0.05, 0.1) is 19.8 Å². The summed E-state index contributed by atoms with van der Waals surface area (Å²) in [6.45, 7) is 2.26. The molecular weight excluding hydrogens is 544 g/mol. The molecule has 42 heavy (non-hydrogen) atoms. The van der Waals surface area contributed by atoms with Gasteiger partial charge < -0.3 is 40.6 Å². The number of nitrogen functional groups attached to an aromatic ring is 1. The van der Waals surface area contributed by atoms with Crippen molar-refractivity contribution in [3.8, 4) is 16.9 Å². The number of rotatable bonds is 12. The zero-order valence-electron chi connectivity index (χ0n) is 23.1. The van der Waals surface area contributed by atoms with Crippen molar-refractivity contribution in [3.63, 3.8) is 0 Å². The topological polar surface area (TPSA) is 187 Å². The molecule has 222 valence electrons. The van der Waals surface area contributed by atoms with E-state index in [4.69, 9.17) is 19.9 Å². The van der Waals surface area contributed by atoms with E-state index in [2.05, 4.69) is 20.3 Å². The van der Waals surface area contributed by atoms with E-state index in [0.717, 1.165) is 16.7 Å². The van der Waals surface area contributed by atoms with E-state index in [0.29, 0.717) is 43.1 Å². The van der Waals surface area contributed by atoms with Gasteiger partial charge in [0, 0.05) is 18.5 Å². The maximum absolute atomic E-state index is 11.7. The van der Waals surface area contributed by atoms with Gasteiger partial charge in [-0.15, -0.1) is 0 Å². The second-order valence-electron chi connectivity index (χ2n) is 9.77. The Morgan fingerprint density at radius 1 is 1.14 bits per heavy atom. The summed E-state index contributed by atoms with van der Waals surface area (Å²) in [7, 11) is 0. The second kappa shape index (κ2) is 13.1. The fraction of sp³-hybridized carbons (Fsp3) is 0.379. The number of nitrogens with one attached hydrogen (secondary N) is 1. The third-order valence-electron chi connectivity index (χ3n) is 6.95. The number of imidazole rings is 1. The molecule has 0 radical (unpaired) electrons. The Morgan fingerprint density at radius 3 is 2.69 bits per heavy atom. The number of nitrogens with two attached hydrogens (primary N) is 1. The first kappa shape index (κ1) is 29.2. The molecule has 3 heterocycles. The number of ether oxygens (including phenoxy) is 3. The van der Waals surface area contributed by atoms with Crippen LogP contribution in [0.2, 0.25) is 0 Å². The lowest BCUT2D eigenvalue weighted by Crippen LogP contribution is -2.33. The summed E-state index contributed by atoms with van der Waals surface area (Å²) < 4.78 is 18.4. The van der Waals surface area contributed by atoms with E-state index in [1.807, 2.05) is 48.5 Å². The number of carbonyl (C=O) groups excluding carboxylic acids is 1. The van der Waals surface area contributed by atoms with E-state index in [1.165, 1.54) is 10.9 Å². The van der Waals surface area contributed by atoms with Gasteiger partial charge in [0.1, 0.15) is 30.4 Å². The first-order valence-corrected chi connectivity index (χ1v) is 13.7. The summed E-state index contributed by atoms with van der Waals surface area (Å²) in [6, 6.07) is 15.7. The fourth-order valence-electron chi connectivity index (χ4n) is 4.85. The molecule has 4 atom stereocenters. The first-order valence-electron chi connectivity index (χ1n) is 13.7. The van der Waals surface area contributed by atoms with Crippen molar-refractivity contribution >= 4 is 28.9 Å². The van der Waals surface area contributed by atoms with Gasteiger partial charge in [-0.25, -0.2) is 15.0 Å². The van der Waals surface area contributed by atoms with Crippen LogP contribution in [0.5, 0.6) is 5.75 Å². The summed E-state index contributed by atoms with van der Waals surface area (Å²) in [5, 5.41) is 33.9. The summed E-state index contributed by atoms with van der Waals surface area (Å²) in [5.41, 5.74) is 9.38. The third-order valence-corrected chi connectivity index (χ3v) is 6.95. The Labute approximate surface area is 241 Å². The minimum absolute atomic E-state index is 0.138. The van der Waals surface area contributed by atoms with Crippen LogP contribution in [0.1, 0.15) is 31.6 Å². The molecule has 0 aliphatic carbocycles. The van der Waals surface area contributed by atoms with Crippen molar-refractivity contribution in [1.82, 2.24) is 19.5 Å². The molecule has 0 spiro atoms. The minimum atomic E-state index is -1.35. The second-order valence-corrected chi connectivity index (χ2v) is 9.77. The lowest BCUT2D eigenvalue weighted by Gasteiger charge is -2.20. The quantitative estimate of drug-likeness (QED) is 0.122. The summed E-state index contributed by atoms with van der Waals surface area (Å²) >= 11 is 0. The number of esters is 1. The monoisotopic (exact) mass is 578 g/mol. The number of hydrogen-bond acceptors (Lipinski definition) is 12. The normalized spacial score (nSPS) is 20.1. The lowest BCUT2D eigenvalue weighted by molar-refractivity contribution is -0.143. The van der Waals surface area contributed by atoms with Crippen LogP contribution in [-0.2, 0) is 20.8 Å². The van der Waals surface area contributed by atoms with Crippen LogP contribution in [0.3, 0.4) is 0 Å². The van der Waals surface area contributed by atoms with E-state index < -0.39 is 31.1 Å². The molecule has 0 unspecified atom stereocenters. The molecule has 1 aliphatic heterocycles. The Morgan fingerprint density at radius 2 is 1.95 bits per heavy atom. The molecule has 5 rings (SSSR count). The van der Waals surface area contributed by atoms with Gasteiger partial charge in [0.2, 0.25) is 5.95 Å². The molecule has 1 fully saturated rings. The zero-order chi connectivity index (χ0) is 29.6. The third kappa shape index (κ3) is 6.14. The Bertz CT molecular complexity index is 1520. The van der Waals surface area contributed by atoms with Crippen molar-refractivity contribution < 1.29 is 34.3 Å². The maximum Gasteiger partial charge on any atom is 0.305 e. The molecule has 2 aromatic heterocycles. The number of nitrogens with zero attached hydrogens (tertiary/aromatic N) is 4. The van der Waals surface area contributed by atoms with Crippen LogP contribution in [0, 0.1) is 0 Å². The fourth-order valence-corrected chi connectivity index (χ4v) is 4.85.